The third-order valence-electron chi connectivity index (χ3n) is 2.99. The van der Waals surface area contributed by atoms with Crippen molar-refractivity contribution in [2.24, 2.45) is 0 Å². The highest BCUT2D eigenvalue weighted by Crippen LogP contribution is 2.20. The number of hydrogen-bond acceptors (Lipinski definition) is 3. The van der Waals surface area contributed by atoms with Gasteiger partial charge in [0.15, 0.2) is 0 Å². The highest BCUT2D eigenvalue weighted by molar-refractivity contribution is 5.94. The van der Waals surface area contributed by atoms with Crippen LogP contribution in [0.4, 0.5) is 11.4 Å². The molecule has 0 aliphatic rings. The van der Waals surface area contributed by atoms with E-state index in [9.17, 15) is 9.59 Å². The molecule has 0 unspecified atom stereocenters. The predicted octanol–water partition coefficient (Wildman–Crippen LogP) is 2.36. The first kappa shape index (κ1) is 16.0. The lowest BCUT2D eigenvalue weighted by Crippen LogP contribution is -2.32. The van der Waals surface area contributed by atoms with Gasteiger partial charge in [-0.3, -0.25) is 9.59 Å². The van der Waals surface area contributed by atoms with Gasteiger partial charge in [-0.2, -0.15) is 0 Å². The number of hydrogen-bond donors (Lipinski definition) is 1. The molecular formula is C15H22N2O3. The van der Waals surface area contributed by atoms with E-state index in [4.69, 9.17) is 5.11 Å². The Morgan fingerprint density at radius 2 is 1.60 bits per heavy atom. The highest BCUT2D eigenvalue weighted by Gasteiger charge is 2.16. The van der Waals surface area contributed by atoms with E-state index in [-0.39, 0.29) is 18.9 Å². The molecule has 110 valence electrons. The topological polar surface area (TPSA) is 60.9 Å². The molecule has 0 saturated carbocycles. The second kappa shape index (κ2) is 7.53. The van der Waals surface area contributed by atoms with Gasteiger partial charge in [0.25, 0.3) is 0 Å². The van der Waals surface area contributed by atoms with Gasteiger partial charge in [0.2, 0.25) is 5.91 Å². The van der Waals surface area contributed by atoms with Crippen molar-refractivity contribution >= 4 is 23.3 Å². The number of carboxylic acid groups (broad SMARTS) is 1. The van der Waals surface area contributed by atoms with Crippen molar-refractivity contribution in [1.29, 1.82) is 0 Å². The molecule has 0 fully saturated rings. The Hall–Kier alpha value is -2.04. The van der Waals surface area contributed by atoms with Crippen LogP contribution in [0.5, 0.6) is 0 Å². The van der Waals surface area contributed by atoms with Crippen molar-refractivity contribution in [2.75, 3.05) is 30.4 Å². The van der Waals surface area contributed by atoms with Crippen LogP contribution >= 0.6 is 0 Å². The van der Waals surface area contributed by atoms with Gasteiger partial charge < -0.3 is 14.9 Å². The van der Waals surface area contributed by atoms with Gasteiger partial charge in [0.05, 0.1) is 6.42 Å². The molecule has 0 radical (unpaired) electrons. The van der Waals surface area contributed by atoms with E-state index in [1.165, 1.54) is 0 Å². The molecule has 1 aromatic carbocycles. The Bertz CT molecular complexity index is 455. The molecule has 1 amide bonds. The van der Waals surface area contributed by atoms with Crippen LogP contribution in [0.2, 0.25) is 0 Å². The zero-order valence-electron chi connectivity index (χ0n) is 12.3. The molecule has 0 aliphatic carbocycles. The van der Waals surface area contributed by atoms with E-state index in [0.717, 1.165) is 17.8 Å². The SMILES string of the molecule is CCCC(=O)N(CCC(=O)O)c1ccc(N(C)C)cc1. The molecule has 5 nitrogen and oxygen atoms in total. The number of amides is 1. The molecule has 1 N–H and O–H groups in total. The van der Waals surface area contributed by atoms with Crippen molar-refractivity contribution in [3.63, 3.8) is 0 Å². The molecular weight excluding hydrogens is 256 g/mol. The van der Waals surface area contributed by atoms with Gasteiger partial charge in [-0.25, -0.2) is 0 Å². The maximum Gasteiger partial charge on any atom is 0.305 e. The summed E-state index contributed by atoms with van der Waals surface area (Å²) in [5.41, 5.74) is 1.78. The van der Waals surface area contributed by atoms with Crippen LogP contribution in [0.15, 0.2) is 24.3 Å². The van der Waals surface area contributed by atoms with Crippen molar-refractivity contribution in [3.8, 4) is 0 Å². The zero-order chi connectivity index (χ0) is 15.1. The minimum Gasteiger partial charge on any atom is -0.481 e. The average molecular weight is 278 g/mol. The fourth-order valence-corrected chi connectivity index (χ4v) is 1.88. The summed E-state index contributed by atoms with van der Waals surface area (Å²) in [6, 6.07) is 7.54. The Morgan fingerprint density at radius 3 is 2.05 bits per heavy atom. The largest absolute Gasteiger partial charge is 0.481 e. The third-order valence-corrected chi connectivity index (χ3v) is 2.99. The van der Waals surface area contributed by atoms with E-state index in [0.29, 0.717) is 6.42 Å². The quantitative estimate of drug-likeness (QED) is 0.831. The second-order valence-electron chi connectivity index (χ2n) is 4.85. The van der Waals surface area contributed by atoms with Crippen LogP contribution in [-0.2, 0) is 9.59 Å². The standard InChI is InChI=1S/C15H22N2O3/c1-4-5-14(18)17(11-10-15(19)20)13-8-6-12(7-9-13)16(2)3/h6-9H,4-5,10-11H2,1-3H3,(H,19,20). The van der Waals surface area contributed by atoms with E-state index in [1.807, 2.05) is 50.2 Å². The predicted molar refractivity (Wildman–Crippen MR) is 80.3 cm³/mol. The smallest absolute Gasteiger partial charge is 0.305 e. The molecule has 20 heavy (non-hydrogen) atoms. The number of carbonyl (C=O) groups is 2. The van der Waals surface area contributed by atoms with Crippen LogP contribution in [0, 0.1) is 0 Å². The molecule has 1 rings (SSSR count). The summed E-state index contributed by atoms with van der Waals surface area (Å²) >= 11 is 0. The van der Waals surface area contributed by atoms with E-state index in [1.54, 1.807) is 4.90 Å². The molecule has 0 aromatic heterocycles. The monoisotopic (exact) mass is 278 g/mol. The Labute approximate surface area is 119 Å². The number of nitrogens with zero attached hydrogens (tertiary/aromatic N) is 2. The molecule has 0 atom stereocenters. The summed E-state index contributed by atoms with van der Waals surface area (Å²) in [5, 5.41) is 8.79. The molecule has 1 aromatic rings. The summed E-state index contributed by atoms with van der Waals surface area (Å²) in [6.07, 6.45) is 1.12. The van der Waals surface area contributed by atoms with Crippen molar-refractivity contribution in [3.05, 3.63) is 24.3 Å². The van der Waals surface area contributed by atoms with Crippen LogP contribution < -0.4 is 9.80 Å². The van der Waals surface area contributed by atoms with Gasteiger partial charge in [0, 0.05) is 38.4 Å². The van der Waals surface area contributed by atoms with Gasteiger partial charge in [-0.1, -0.05) is 6.92 Å². The fourth-order valence-electron chi connectivity index (χ4n) is 1.88. The van der Waals surface area contributed by atoms with Gasteiger partial charge in [-0.15, -0.1) is 0 Å². The summed E-state index contributed by atoms with van der Waals surface area (Å²) in [6.45, 7) is 2.14. The van der Waals surface area contributed by atoms with Crippen LogP contribution in [-0.4, -0.2) is 37.6 Å². The van der Waals surface area contributed by atoms with Gasteiger partial charge in [-0.05, 0) is 30.7 Å². The zero-order valence-corrected chi connectivity index (χ0v) is 12.3. The van der Waals surface area contributed by atoms with E-state index >= 15 is 0 Å². The van der Waals surface area contributed by atoms with Crippen LogP contribution in [0.1, 0.15) is 26.2 Å². The van der Waals surface area contributed by atoms with E-state index in [2.05, 4.69) is 0 Å². The first-order chi connectivity index (χ1) is 9.45. The number of anilines is 2. The maximum atomic E-state index is 12.1. The Kier molecular flexibility index (Phi) is 6.03. The third kappa shape index (κ3) is 4.57. The minimum atomic E-state index is -0.899. The van der Waals surface area contributed by atoms with Crippen LogP contribution in [0.25, 0.3) is 0 Å². The average Bonchev–Trinajstić information content (AvgIpc) is 2.39. The first-order valence-corrected chi connectivity index (χ1v) is 6.75. The van der Waals surface area contributed by atoms with Crippen molar-refractivity contribution in [2.45, 2.75) is 26.2 Å². The minimum absolute atomic E-state index is 0.0358. The summed E-state index contributed by atoms with van der Waals surface area (Å²) in [4.78, 5) is 26.3. The molecule has 0 saturated heterocycles. The Morgan fingerprint density at radius 1 is 1.05 bits per heavy atom. The Balaban J connectivity index is 2.90. The molecule has 0 heterocycles. The highest BCUT2D eigenvalue weighted by atomic mass is 16.4. The van der Waals surface area contributed by atoms with Gasteiger partial charge >= 0.3 is 5.97 Å². The normalized spacial score (nSPS) is 10.2. The molecule has 0 spiro atoms. The number of benzene rings is 1. The second-order valence-corrected chi connectivity index (χ2v) is 4.85. The molecule has 5 heteroatoms. The number of carbonyl (C=O) groups excluding carboxylic acids is 1. The lowest BCUT2D eigenvalue weighted by atomic mass is 10.2. The summed E-state index contributed by atoms with van der Waals surface area (Å²) in [5.74, 6) is -0.935. The number of rotatable bonds is 7. The molecule has 0 aliphatic heterocycles. The first-order valence-electron chi connectivity index (χ1n) is 6.75. The summed E-state index contributed by atoms with van der Waals surface area (Å²) < 4.78 is 0. The van der Waals surface area contributed by atoms with Crippen molar-refractivity contribution < 1.29 is 14.7 Å². The number of carboxylic acids is 1. The summed E-state index contributed by atoms with van der Waals surface area (Å²) in [7, 11) is 3.89. The maximum absolute atomic E-state index is 12.1. The van der Waals surface area contributed by atoms with Gasteiger partial charge in [0.1, 0.15) is 0 Å². The van der Waals surface area contributed by atoms with E-state index < -0.39 is 5.97 Å². The fraction of sp³-hybridized carbons (Fsp3) is 0.467. The van der Waals surface area contributed by atoms with Crippen molar-refractivity contribution in [1.82, 2.24) is 0 Å². The molecule has 0 bridgehead atoms. The lowest BCUT2D eigenvalue weighted by molar-refractivity contribution is -0.136. The van der Waals surface area contributed by atoms with Crippen LogP contribution in [0.3, 0.4) is 0 Å². The number of aliphatic carboxylic acids is 1. The lowest BCUT2D eigenvalue weighted by Gasteiger charge is -2.23.